The van der Waals surface area contributed by atoms with Gasteiger partial charge in [0.25, 0.3) is 0 Å². The molecule has 0 rings (SSSR count). The summed E-state index contributed by atoms with van der Waals surface area (Å²) in [6, 6.07) is 0. The summed E-state index contributed by atoms with van der Waals surface area (Å²) in [7, 11) is 1.49. The number of nitrogens with zero attached hydrogens (tertiary/aromatic N) is 1. The van der Waals surface area contributed by atoms with Crippen molar-refractivity contribution in [3.05, 3.63) is 60.8 Å². The zero-order chi connectivity index (χ0) is 57.7. The quantitative estimate of drug-likeness (QED) is 0.0211. The van der Waals surface area contributed by atoms with Crippen molar-refractivity contribution in [2.24, 2.45) is 0 Å². The maximum Gasteiger partial charge on any atom is 0.472 e. The summed E-state index contributed by atoms with van der Waals surface area (Å²) in [5, 5.41) is 0. The summed E-state index contributed by atoms with van der Waals surface area (Å²) >= 11 is 0. The van der Waals surface area contributed by atoms with Crippen LogP contribution in [0.2, 0.25) is 0 Å². The molecule has 0 heterocycles. The molecule has 10 heteroatoms. The van der Waals surface area contributed by atoms with E-state index in [0.29, 0.717) is 23.9 Å². The van der Waals surface area contributed by atoms with Gasteiger partial charge in [-0.25, -0.2) is 4.57 Å². The van der Waals surface area contributed by atoms with Crippen molar-refractivity contribution >= 4 is 19.8 Å². The van der Waals surface area contributed by atoms with Gasteiger partial charge in [-0.05, 0) is 57.8 Å². The van der Waals surface area contributed by atoms with Gasteiger partial charge in [-0.3, -0.25) is 18.6 Å². The minimum atomic E-state index is -4.39. The third kappa shape index (κ3) is 64.7. The largest absolute Gasteiger partial charge is 0.472 e. The Morgan fingerprint density at radius 1 is 0.405 bits per heavy atom. The maximum absolute atomic E-state index is 12.9. The number of esters is 2. The molecule has 0 fully saturated rings. The second-order valence-electron chi connectivity index (χ2n) is 23.8. The molecule has 0 spiro atoms. The minimum Gasteiger partial charge on any atom is -0.462 e. The topological polar surface area (TPSA) is 108 Å². The Morgan fingerprint density at radius 2 is 0.722 bits per heavy atom. The van der Waals surface area contributed by atoms with Crippen molar-refractivity contribution < 1.29 is 42.1 Å². The van der Waals surface area contributed by atoms with Crippen LogP contribution in [0.25, 0.3) is 0 Å². The fourth-order valence-corrected chi connectivity index (χ4v) is 10.4. The number of carbonyl (C=O) groups excluding carboxylic acids is 2. The number of quaternary nitrogens is 1. The number of ether oxygens (including phenoxy) is 2. The smallest absolute Gasteiger partial charge is 0.462 e. The first-order valence-corrected chi connectivity index (χ1v) is 35.0. The highest BCUT2D eigenvalue weighted by Crippen LogP contribution is 2.43. The van der Waals surface area contributed by atoms with Crippen LogP contribution in [0.15, 0.2) is 60.8 Å². The molecule has 0 aromatic carbocycles. The Kier molecular flexibility index (Phi) is 58.6. The summed E-state index contributed by atoms with van der Waals surface area (Å²) in [5.74, 6) is -0.780. The molecule has 0 saturated heterocycles. The van der Waals surface area contributed by atoms with Crippen molar-refractivity contribution in [2.75, 3.05) is 47.5 Å². The third-order valence-electron chi connectivity index (χ3n) is 14.8. The van der Waals surface area contributed by atoms with Gasteiger partial charge in [-0.15, -0.1) is 0 Å². The van der Waals surface area contributed by atoms with Gasteiger partial charge in [0.05, 0.1) is 27.7 Å². The van der Waals surface area contributed by atoms with E-state index in [4.69, 9.17) is 18.5 Å². The lowest BCUT2D eigenvalue weighted by Crippen LogP contribution is -2.37. The second kappa shape index (κ2) is 60.3. The molecule has 0 radical (unpaired) electrons. The first-order valence-electron chi connectivity index (χ1n) is 33.5. The zero-order valence-electron chi connectivity index (χ0n) is 52.6. The number of likely N-dealkylation sites (N-methyl/N-ethyl adjacent to an activating group) is 1. The number of phosphoric acid groups is 1. The summed E-state index contributed by atoms with van der Waals surface area (Å²) in [4.78, 5) is 35.8. The van der Waals surface area contributed by atoms with Crippen LogP contribution in [0.1, 0.15) is 316 Å². The zero-order valence-corrected chi connectivity index (χ0v) is 53.5. The van der Waals surface area contributed by atoms with Crippen LogP contribution < -0.4 is 0 Å². The van der Waals surface area contributed by atoms with Crippen molar-refractivity contribution in [3.63, 3.8) is 0 Å². The summed E-state index contributed by atoms with van der Waals surface area (Å²) in [6.07, 6.45) is 78.9. The van der Waals surface area contributed by atoms with Crippen LogP contribution in [-0.2, 0) is 32.7 Å². The fourth-order valence-electron chi connectivity index (χ4n) is 9.69. The van der Waals surface area contributed by atoms with Crippen LogP contribution in [-0.4, -0.2) is 74.9 Å². The van der Waals surface area contributed by atoms with Crippen LogP contribution >= 0.6 is 7.82 Å². The average Bonchev–Trinajstić information content (AvgIpc) is 3.41. The molecule has 79 heavy (non-hydrogen) atoms. The lowest BCUT2D eigenvalue weighted by Gasteiger charge is -2.24. The molecule has 2 atom stereocenters. The maximum atomic E-state index is 12.9. The molecule has 0 aliphatic carbocycles. The molecule has 0 amide bonds. The number of allylic oxidation sites excluding steroid dienone is 10. The van der Waals surface area contributed by atoms with Gasteiger partial charge in [0.15, 0.2) is 6.10 Å². The highest BCUT2D eigenvalue weighted by Gasteiger charge is 2.27. The number of hydrogen-bond donors (Lipinski definition) is 1. The summed E-state index contributed by atoms with van der Waals surface area (Å²) in [5.41, 5.74) is 0. The normalized spacial score (nSPS) is 13.5. The minimum absolute atomic E-state index is 0.0333. The van der Waals surface area contributed by atoms with Gasteiger partial charge >= 0.3 is 19.8 Å². The predicted octanol–water partition coefficient (Wildman–Crippen LogP) is 21.4. The average molecular weight is 1130 g/mol. The van der Waals surface area contributed by atoms with E-state index >= 15 is 0 Å². The molecule has 0 aliphatic rings. The molecule has 462 valence electrons. The van der Waals surface area contributed by atoms with Crippen molar-refractivity contribution in [1.82, 2.24) is 0 Å². The Bertz CT molecular complexity index is 1520. The molecule has 0 aromatic rings. The van der Waals surface area contributed by atoms with E-state index in [-0.39, 0.29) is 25.6 Å². The Labute approximate surface area is 489 Å². The molecule has 0 bridgehead atoms. The van der Waals surface area contributed by atoms with Gasteiger partial charge in [-0.2, -0.15) is 0 Å². The van der Waals surface area contributed by atoms with Crippen LogP contribution in [0.5, 0.6) is 0 Å². The highest BCUT2D eigenvalue weighted by atomic mass is 31.2. The lowest BCUT2D eigenvalue weighted by atomic mass is 10.0. The van der Waals surface area contributed by atoms with Gasteiger partial charge in [0.1, 0.15) is 19.8 Å². The first-order chi connectivity index (χ1) is 38.5. The highest BCUT2D eigenvalue weighted by molar-refractivity contribution is 7.47. The second-order valence-corrected chi connectivity index (χ2v) is 25.3. The van der Waals surface area contributed by atoms with Crippen LogP contribution in [0, 0.1) is 0 Å². The number of unbranched alkanes of at least 4 members (excludes halogenated alkanes) is 38. The Hall–Kier alpha value is -2.29. The summed E-state index contributed by atoms with van der Waals surface area (Å²) < 4.78 is 34.7. The van der Waals surface area contributed by atoms with Gasteiger partial charge in [0, 0.05) is 12.8 Å². The number of hydrogen-bond acceptors (Lipinski definition) is 7. The number of carbonyl (C=O) groups is 2. The molecular formula is C69H129NO8P+. The first kappa shape index (κ1) is 76.7. The van der Waals surface area contributed by atoms with E-state index in [2.05, 4.69) is 74.6 Å². The molecule has 0 aromatic heterocycles. The molecule has 0 aliphatic heterocycles. The van der Waals surface area contributed by atoms with Crippen LogP contribution in [0.4, 0.5) is 0 Å². The summed E-state index contributed by atoms with van der Waals surface area (Å²) in [6.45, 7) is 4.38. The van der Waals surface area contributed by atoms with E-state index in [0.717, 1.165) is 64.2 Å². The van der Waals surface area contributed by atoms with E-state index in [9.17, 15) is 19.0 Å². The monoisotopic (exact) mass is 1130 g/mol. The van der Waals surface area contributed by atoms with Crippen LogP contribution in [0.3, 0.4) is 0 Å². The Morgan fingerprint density at radius 3 is 1.08 bits per heavy atom. The SMILES string of the molecule is CC/C=C\C/C=C\C/C=C\C/C=C\C/C=C\CCCCCCCCCCCCCCCCCCCC(=O)OC(COC(=O)CCCCCCCCCCCCCCCCCCCCCCCC)COP(=O)(O)OCC[N+](C)(C)C. The molecule has 9 nitrogen and oxygen atoms in total. The standard InChI is InChI=1S/C69H128NO8P/c1-6-8-10-12-14-16-18-20-22-24-26-28-30-31-32-33-34-35-36-37-38-39-40-42-44-46-48-50-52-54-56-58-60-62-69(72)78-67(66-77-79(73,74)76-64-63-70(3,4)5)65-75-68(71)61-59-57-55-53-51-49-47-45-43-41-29-27-25-23-21-19-17-15-13-11-9-7-2/h8,10,14,16,20,22,26,28,31-32,67H,6-7,9,11-13,15,17-19,21,23-25,27,29-30,33-66H2,1-5H3/p+1/b10-8-,16-14-,22-20-,28-26-,32-31-. The van der Waals surface area contributed by atoms with E-state index in [1.165, 1.54) is 218 Å². The Balaban J connectivity index is 4.02. The van der Waals surface area contributed by atoms with Crippen molar-refractivity contribution in [1.29, 1.82) is 0 Å². The van der Waals surface area contributed by atoms with Gasteiger partial charge in [0.2, 0.25) is 0 Å². The fraction of sp³-hybridized carbons (Fsp3) is 0.826. The van der Waals surface area contributed by atoms with E-state index < -0.39 is 26.5 Å². The van der Waals surface area contributed by atoms with Crippen molar-refractivity contribution in [3.8, 4) is 0 Å². The molecule has 0 saturated carbocycles. The van der Waals surface area contributed by atoms with E-state index in [1.54, 1.807) is 0 Å². The third-order valence-corrected chi connectivity index (χ3v) is 15.8. The molecule has 2 unspecified atom stereocenters. The van der Waals surface area contributed by atoms with E-state index in [1.807, 2.05) is 21.1 Å². The van der Waals surface area contributed by atoms with Crippen molar-refractivity contribution in [2.45, 2.75) is 322 Å². The lowest BCUT2D eigenvalue weighted by molar-refractivity contribution is -0.870. The molecule has 1 N–H and O–H groups in total. The van der Waals surface area contributed by atoms with Gasteiger partial charge in [-0.1, -0.05) is 306 Å². The predicted molar refractivity (Wildman–Crippen MR) is 340 cm³/mol. The number of phosphoric ester groups is 1. The van der Waals surface area contributed by atoms with Gasteiger partial charge < -0.3 is 18.9 Å². The molecular weight excluding hydrogens is 1000 g/mol. The number of rotatable bonds is 62.